The highest BCUT2D eigenvalue weighted by molar-refractivity contribution is 6.25. The standard InChI is InChI=1S/3C40H26N2/c1-3-11-30(12-4-1)41-36-17-9-7-15-33(36)35-26-28(20-23-38(35)41)27-19-22-32-29(25-27)21-24-39-40(32)34-16-8-10-18-37(34)42(39)31-13-5-2-6-14-31;1-3-11-30(12-4-1)41-36-17-9-7-15-32(36)35-26-29(22-23-38(35)41)28-20-19-27-21-24-39-40(34(27)25-28)33-16-8-10-18-37(33)42(39)31-13-5-2-6-14-31;1-3-11-30(12-4-1)41-37-18-10-8-16-34(37)40-35-25-28(20-19-27(35)22-24-38(40)41)29-21-23-33-32-15-7-9-17-36(32)42(39(33)26-29)31-13-5-2-6-14-31/h3*1-26H. The van der Waals surface area contributed by atoms with Gasteiger partial charge in [-0.2, -0.15) is 0 Å². The van der Waals surface area contributed by atoms with Gasteiger partial charge in [0.1, 0.15) is 0 Å². The van der Waals surface area contributed by atoms with Crippen LogP contribution in [0, 0.1) is 0 Å². The Bertz CT molecular complexity index is 8990. The highest BCUT2D eigenvalue weighted by Gasteiger charge is 2.23. The van der Waals surface area contributed by atoms with Gasteiger partial charge in [-0.1, -0.05) is 297 Å². The van der Waals surface area contributed by atoms with Crippen molar-refractivity contribution in [1.82, 2.24) is 27.4 Å². The van der Waals surface area contributed by atoms with Crippen LogP contribution in [0.5, 0.6) is 0 Å². The zero-order chi connectivity index (χ0) is 82.9. The van der Waals surface area contributed by atoms with Crippen molar-refractivity contribution < 1.29 is 0 Å². The molecule has 0 spiro atoms. The van der Waals surface area contributed by atoms with Gasteiger partial charge in [0.2, 0.25) is 0 Å². The third-order valence-electron chi connectivity index (χ3n) is 26.1. The third-order valence-corrected chi connectivity index (χ3v) is 26.1. The lowest BCUT2D eigenvalue weighted by atomic mass is 9.97. The Kier molecular flexibility index (Phi) is 16.9. The molecule has 0 atom stereocenters. The molecule has 6 aromatic heterocycles. The summed E-state index contributed by atoms with van der Waals surface area (Å²) < 4.78 is 14.3. The molecular weight excluding hydrogens is 1530 g/mol. The molecule has 588 valence electrons. The van der Waals surface area contributed by atoms with Gasteiger partial charge in [0.05, 0.1) is 66.2 Å². The molecule has 6 nitrogen and oxygen atoms in total. The molecule has 0 radical (unpaired) electrons. The van der Waals surface area contributed by atoms with Crippen LogP contribution in [0.4, 0.5) is 0 Å². The summed E-state index contributed by atoms with van der Waals surface area (Å²) in [5.41, 5.74) is 29.2. The molecule has 0 aliphatic rings. The van der Waals surface area contributed by atoms with Gasteiger partial charge in [-0.15, -0.1) is 0 Å². The molecule has 0 bridgehead atoms. The first-order valence-electron chi connectivity index (χ1n) is 43.4. The second-order valence-corrected chi connectivity index (χ2v) is 33.0. The first-order chi connectivity index (χ1) is 62.5. The van der Waals surface area contributed by atoms with Crippen LogP contribution < -0.4 is 0 Å². The lowest BCUT2D eigenvalue weighted by molar-refractivity contribution is 1.18. The second-order valence-electron chi connectivity index (χ2n) is 33.0. The highest BCUT2D eigenvalue weighted by Crippen LogP contribution is 2.46. The van der Waals surface area contributed by atoms with E-state index in [0.29, 0.717) is 0 Å². The van der Waals surface area contributed by atoms with Crippen molar-refractivity contribution >= 4 is 163 Å². The molecule has 6 heterocycles. The van der Waals surface area contributed by atoms with Crippen LogP contribution in [0.1, 0.15) is 0 Å². The molecule has 6 heteroatoms. The monoisotopic (exact) mass is 1600 g/mol. The summed E-state index contributed by atoms with van der Waals surface area (Å²) in [6.45, 7) is 0. The number of aromatic nitrogens is 6. The van der Waals surface area contributed by atoms with Crippen molar-refractivity contribution in [2.24, 2.45) is 0 Å². The highest BCUT2D eigenvalue weighted by atomic mass is 15.0. The van der Waals surface area contributed by atoms with Gasteiger partial charge in [0, 0.05) is 98.8 Å². The lowest BCUT2D eigenvalue weighted by Gasteiger charge is -2.10. The van der Waals surface area contributed by atoms with Gasteiger partial charge >= 0.3 is 0 Å². The molecule has 27 rings (SSSR count). The maximum absolute atomic E-state index is 2.39. The van der Waals surface area contributed by atoms with Gasteiger partial charge in [-0.3, -0.25) is 0 Å². The first-order valence-corrected chi connectivity index (χ1v) is 43.4. The SMILES string of the molecule is c1ccc(-n2c3ccccc3c3cc(-c4ccc5c(ccc6c5c5ccccc5n6-c5ccccc5)c4)ccc32)cc1.c1ccc(-n2c3ccccc3c3cc(-c4ccc5ccc6c(c5c4)c4ccccc4n6-c4ccccc4)ccc32)cc1.c1ccc(-n2c3ccccc3c3ccc(-c4ccc5ccc6c(c5c4)c4ccccc4n6-c4ccccc4)cc32)cc1. The summed E-state index contributed by atoms with van der Waals surface area (Å²) in [4.78, 5) is 0. The molecular formula is C120H78N6. The van der Waals surface area contributed by atoms with Crippen LogP contribution in [0.3, 0.4) is 0 Å². The Morgan fingerprint density at radius 3 is 0.667 bits per heavy atom. The van der Waals surface area contributed by atoms with E-state index in [1.165, 1.54) is 231 Å². The van der Waals surface area contributed by atoms with E-state index in [2.05, 4.69) is 501 Å². The minimum Gasteiger partial charge on any atom is -0.309 e. The maximum atomic E-state index is 2.39. The quantitative estimate of drug-likeness (QED) is 0.138. The topological polar surface area (TPSA) is 29.6 Å². The summed E-state index contributed by atoms with van der Waals surface area (Å²) in [7, 11) is 0. The Morgan fingerprint density at radius 2 is 0.310 bits per heavy atom. The van der Waals surface area contributed by atoms with Crippen LogP contribution in [0.2, 0.25) is 0 Å². The average molecular weight is 1600 g/mol. The van der Waals surface area contributed by atoms with Crippen LogP contribution in [-0.2, 0) is 0 Å². The molecule has 0 unspecified atom stereocenters. The Morgan fingerprint density at radius 1 is 0.103 bits per heavy atom. The summed E-state index contributed by atoms with van der Waals surface area (Å²) in [6, 6.07) is 172. The molecule has 126 heavy (non-hydrogen) atoms. The fourth-order valence-electron chi connectivity index (χ4n) is 20.5. The van der Waals surface area contributed by atoms with Crippen molar-refractivity contribution in [2.75, 3.05) is 0 Å². The van der Waals surface area contributed by atoms with E-state index >= 15 is 0 Å². The van der Waals surface area contributed by atoms with Crippen molar-refractivity contribution in [2.45, 2.75) is 0 Å². The minimum atomic E-state index is 1.18. The van der Waals surface area contributed by atoms with E-state index in [1.807, 2.05) is 0 Å². The van der Waals surface area contributed by atoms with E-state index in [4.69, 9.17) is 0 Å². The molecule has 0 aliphatic heterocycles. The van der Waals surface area contributed by atoms with Gasteiger partial charge in [-0.05, 0) is 242 Å². The predicted octanol–water partition coefficient (Wildman–Crippen LogP) is 32.1. The minimum absolute atomic E-state index is 1.18. The molecule has 0 saturated heterocycles. The fraction of sp³-hybridized carbons (Fsp3) is 0. The van der Waals surface area contributed by atoms with Gasteiger partial charge in [0.25, 0.3) is 0 Å². The summed E-state index contributed by atoms with van der Waals surface area (Å²) in [5, 5.41) is 23.0. The largest absolute Gasteiger partial charge is 0.309 e. The van der Waals surface area contributed by atoms with E-state index < -0.39 is 0 Å². The van der Waals surface area contributed by atoms with E-state index in [-0.39, 0.29) is 0 Å². The Labute approximate surface area is 726 Å². The van der Waals surface area contributed by atoms with Crippen molar-refractivity contribution in [1.29, 1.82) is 0 Å². The molecule has 27 aromatic rings. The Balaban J connectivity index is 0.000000103. The van der Waals surface area contributed by atoms with E-state index in [1.54, 1.807) is 0 Å². The molecule has 0 amide bonds. The number of hydrogen-bond donors (Lipinski definition) is 0. The van der Waals surface area contributed by atoms with Gasteiger partial charge in [0.15, 0.2) is 0 Å². The van der Waals surface area contributed by atoms with Crippen LogP contribution in [0.25, 0.3) is 231 Å². The molecule has 0 saturated carbocycles. The maximum Gasteiger partial charge on any atom is 0.0547 e. The van der Waals surface area contributed by atoms with Crippen molar-refractivity contribution in [3.8, 4) is 67.5 Å². The molecule has 21 aromatic carbocycles. The third kappa shape index (κ3) is 11.6. The Hall–Kier alpha value is -16.8. The van der Waals surface area contributed by atoms with E-state index in [9.17, 15) is 0 Å². The fourth-order valence-corrected chi connectivity index (χ4v) is 20.5. The van der Waals surface area contributed by atoms with Crippen LogP contribution >= 0.6 is 0 Å². The molecule has 0 fully saturated rings. The summed E-state index contributed by atoms with van der Waals surface area (Å²) >= 11 is 0. The number of rotatable bonds is 9. The normalized spacial score (nSPS) is 11.8. The van der Waals surface area contributed by atoms with E-state index in [0.717, 1.165) is 0 Å². The summed E-state index contributed by atoms with van der Waals surface area (Å²) in [6.07, 6.45) is 0. The average Bonchev–Trinajstić information content (AvgIpc) is 2.03. The summed E-state index contributed by atoms with van der Waals surface area (Å²) in [5.74, 6) is 0. The van der Waals surface area contributed by atoms with Crippen molar-refractivity contribution in [3.63, 3.8) is 0 Å². The van der Waals surface area contributed by atoms with Crippen molar-refractivity contribution in [3.05, 3.63) is 473 Å². The second kappa shape index (κ2) is 29.5. The number of para-hydroxylation sites is 12. The number of benzene rings is 21. The van der Waals surface area contributed by atoms with Gasteiger partial charge < -0.3 is 27.4 Å². The molecule has 0 aliphatic carbocycles. The van der Waals surface area contributed by atoms with Gasteiger partial charge in [-0.25, -0.2) is 0 Å². The zero-order valence-corrected chi connectivity index (χ0v) is 68.7. The number of fused-ring (bicyclic) bond motifs is 24. The first kappa shape index (κ1) is 72.1. The zero-order valence-electron chi connectivity index (χ0n) is 68.7. The lowest BCUT2D eigenvalue weighted by Crippen LogP contribution is -1.93. The van der Waals surface area contributed by atoms with Crippen LogP contribution in [0.15, 0.2) is 473 Å². The number of nitrogens with zero attached hydrogens (tertiary/aromatic N) is 6. The predicted molar refractivity (Wildman–Crippen MR) is 534 cm³/mol. The smallest absolute Gasteiger partial charge is 0.0547 e. The number of hydrogen-bond acceptors (Lipinski definition) is 0. The molecule has 0 N–H and O–H groups in total. The van der Waals surface area contributed by atoms with Crippen LogP contribution in [-0.4, -0.2) is 27.4 Å².